The van der Waals surface area contributed by atoms with Crippen molar-refractivity contribution in [1.29, 1.82) is 0 Å². The zero-order valence-electron chi connectivity index (χ0n) is 25.6. The van der Waals surface area contributed by atoms with Gasteiger partial charge in [-0.15, -0.1) is 0 Å². The summed E-state index contributed by atoms with van der Waals surface area (Å²) in [4.78, 5) is 12.5. The second kappa shape index (κ2) is 22.8. The third kappa shape index (κ3) is 18.4. The van der Waals surface area contributed by atoms with Gasteiger partial charge in [0, 0.05) is 30.9 Å². The minimum atomic E-state index is -4.56. The Morgan fingerprint density at radius 2 is 1.39 bits per heavy atom. The first kappa shape index (κ1) is 35.4. The number of phosphoric ester groups is 1. The predicted molar refractivity (Wildman–Crippen MR) is 163 cm³/mol. The average Bonchev–Trinajstić information content (AvgIpc) is 2.96. The van der Waals surface area contributed by atoms with Crippen molar-refractivity contribution in [3.05, 3.63) is 60.4 Å². The highest BCUT2D eigenvalue weighted by Gasteiger charge is 2.17. The number of rotatable bonds is 26. The maximum atomic E-state index is 12.5. The molecule has 2 unspecified atom stereocenters. The minimum Gasteiger partial charge on any atom is -0.746 e. The van der Waals surface area contributed by atoms with Crippen LogP contribution in [0.3, 0.4) is 0 Å². The van der Waals surface area contributed by atoms with E-state index in [-0.39, 0.29) is 19.0 Å². The maximum absolute atomic E-state index is 12.5. The second-order valence-electron chi connectivity index (χ2n) is 10.8. The highest BCUT2D eigenvalue weighted by atomic mass is 31.2. The molecule has 0 radical (unpaired) electrons. The Kier molecular flexibility index (Phi) is 19.7. The number of benzene rings is 1. The molecular weight excluding hydrogens is 537 g/mol. The summed E-state index contributed by atoms with van der Waals surface area (Å²) >= 11 is 0. The molecule has 2 rings (SSSR count). The van der Waals surface area contributed by atoms with Gasteiger partial charge in [-0.2, -0.15) is 0 Å². The van der Waals surface area contributed by atoms with Gasteiger partial charge in [0.1, 0.15) is 11.9 Å². The van der Waals surface area contributed by atoms with Crippen LogP contribution in [0.1, 0.15) is 109 Å². The number of nitrogens with zero attached hydrogens (tertiary/aromatic N) is 1. The zero-order chi connectivity index (χ0) is 29.4. The van der Waals surface area contributed by atoms with Gasteiger partial charge in [-0.25, -0.2) is 4.57 Å². The topological polar surface area (TPSA) is 80.9 Å². The summed E-state index contributed by atoms with van der Waals surface area (Å²) < 4.78 is 36.3. The molecule has 0 saturated heterocycles. The summed E-state index contributed by atoms with van der Waals surface area (Å²) in [6.07, 6.45) is 21.9. The van der Waals surface area contributed by atoms with Crippen LogP contribution in [0.4, 0.5) is 0 Å². The van der Waals surface area contributed by atoms with Crippen LogP contribution in [0, 0.1) is 0 Å². The van der Waals surface area contributed by atoms with Crippen molar-refractivity contribution >= 4 is 7.82 Å². The summed E-state index contributed by atoms with van der Waals surface area (Å²) in [6.45, 7) is 5.96. The Hall–Kier alpha value is -1.76. The van der Waals surface area contributed by atoms with Crippen molar-refractivity contribution in [2.45, 2.75) is 116 Å². The maximum Gasteiger partial charge on any atom is 0.319 e. The molecule has 1 heterocycles. The third-order valence-electron chi connectivity index (χ3n) is 7.02. The van der Waals surface area contributed by atoms with Gasteiger partial charge >= 0.3 is 7.82 Å². The number of phosphoric acid groups is 1. The fraction of sp³-hybridized carbons (Fsp3) is 0.667. The highest BCUT2D eigenvalue weighted by Crippen LogP contribution is 2.39. The van der Waals surface area contributed by atoms with E-state index in [0.717, 1.165) is 18.4 Å². The monoisotopic (exact) mass is 591 g/mol. The summed E-state index contributed by atoms with van der Waals surface area (Å²) in [7, 11) is -4.56. The summed E-state index contributed by atoms with van der Waals surface area (Å²) in [5, 5.41) is 0. The largest absolute Gasteiger partial charge is 0.746 e. The van der Waals surface area contributed by atoms with Crippen LogP contribution in [0.15, 0.2) is 54.9 Å². The van der Waals surface area contributed by atoms with E-state index in [1.165, 1.54) is 77.0 Å². The second-order valence-corrected chi connectivity index (χ2v) is 12.1. The summed E-state index contributed by atoms with van der Waals surface area (Å²) in [6, 6.07) is 12.8. The normalized spacial score (nSPS) is 13.6. The number of ether oxygens (including phenoxy) is 2. The van der Waals surface area contributed by atoms with Gasteiger partial charge in [0.15, 0.2) is 18.9 Å². The number of unbranched alkanes of at least 4 members (excludes halogenated alkanes) is 13. The first-order valence-corrected chi connectivity index (χ1v) is 17.4. The Bertz CT molecular complexity index is 944. The lowest BCUT2D eigenvalue weighted by Gasteiger charge is -2.26. The highest BCUT2D eigenvalue weighted by molar-refractivity contribution is 7.46. The Morgan fingerprint density at radius 3 is 2.00 bits per heavy atom. The molecule has 0 bridgehead atoms. The Balaban J connectivity index is 1.54. The number of hydrogen-bond donors (Lipinski definition) is 0. The van der Waals surface area contributed by atoms with Gasteiger partial charge in [-0.05, 0) is 25.5 Å². The van der Waals surface area contributed by atoms with E-state index >= 15 is 0 Å². The third-order valence-corrected chi connectivity index (χ3v) is 7.92. The molecule has 7 nitrogen and oxygen atoms in total. The van der Waals surface area contributed by atoms with E-state index in [1.807, 2.05) is 48.1 Å². The van der Waals surface area contributed by atoms with E-state index < -0.39 is 13.9 Å². The van der Waals surface area contributed by atoms with E-state index in [4.69, 9.17) is 18.5 Å². The SMILES string of the molecule is CCCCCCCCCCCCCCCCOCC(COP(=O)([O-])Oc1cccc(C[n+]2ccccc2)c1)OCC. The standard InChI is InChI=1S/C33H54NO6P/c1-3-5-6-7-8-9-10-11-12-13-14-15-16-20-26-37-29-33(38-4-2)30-39-41(35,36)40-32-23-21-22-31(27-32)28-34-24-18-17-19-25-34/h17-19,21-25,27,33H,3-16,20,26,28-30H2,1-2H3. The summed E-state index contributed by atoms with van der Waals surface area (Å²) in [5.74, 6) is 0.222. The van der Waals surface area contributed by atoms with Gasteiger partial charge in [-0.1, -0.05) is 109 Å². The van der Waals surface area contributed by atoms with Crippen molar-refractivity contribution < 1.29 is 32.5 Å². The molecular formula is C33H54NO6P. The van der Waals surface area contributed by atoms with Crippen LogP contribution < -0.4 is 14.0 Å². The van der Waals surface area contributed by atoms with Crippen molar-refractivity contribution in [1.82, 2.24) is 0 Å². The van der Waals surface area contributed by atoms with Crippen molar-refractivity contribution in [3.8, 4) is 5.75 Å². The Labute approximate surface area is 249 Å². The van der Waals surface area contributed by atoms with E-state index in [2.05, 4.69) is 6.92 Å². The van der Waals surface area contributed by atoms with Gasteiger partial charge in [0.25, 0.3) is 0 Å². The van der Waals surface area contributed by atoms with Crippen LogP contribution in [-0.4, -0.2) is 32.5 Å². The van der Waals surface area contributed by atoms with Crippen LogP contribution in [0.5, 0.6) is 5.75 Å². The van der Waals surface area contributed by atoms with E-state index in [1.54, 1.807) is 18.2 Å². The van der Waals surface area contributed by atoms with Crippen LogP contribution in [0.2, 0.25) is 0 Å². The molecule has 2 atom stereocenters. The molecule has 0 aliphatic heterocycles. The van der Waals surface area contributed by atoms with E-state index in [9.17, 15) is 9.46 Å². The molecule has 0 aliphatic carbocycles. The van der Waals surface area contributed by atoms with Gasteiger partial charge in [0.2, 0.25) is 0 Å². The first-order valence-electron chi connectivity index (χ1n) is 15.9. The van der Waals surface area contributed by atoms with Gasteiger partial charge in [-0.3, -0.25) is 4.57 Å². The molecule has 41 heavy (non-hydrogen) atoms. The van der Waals surface area contributed by atoms with Gasteiger partial charge in [0.05, 0.1) is 13.2 Å². The molecule has 1 aromatic heterocycles. The number of hydrogen-bond acceptors (Lipinski definition) is 6. The lowest BCUT2D eigenvalue weighted by molar-refractivity contribution is -0.688. The van der Waals surface area contributed by atoms with Crippen molar-refractivity contribution in [2.75, 3.05) is 26.4 Å². The van der Waals surface area contributed by atoms with Crippen LogP contribution >= 0.6 is 7.82 Å². The van der Waals surface area contributed by atoms with Crippen LogP contribution in [-0.2, 0) is 25.1 Å². The average molecular weight is 592 g/mol. The molecule has 0 aliphatic rings. The molecule has 0 spiro atoms. The Morgan fingerprint density at radius 1 is 0.780 bits per heavy atom. The molecule has 0 fully saturated rings. The zero-order valence-corrected chi connectivity index (χ0v) is 26.4. The molecule has 232 valence electrons. The smallest absolute Gasteiger partial charge is 0.319 e. The van der Waals surface area contributed by atoms with Crippen molar-refractivity contribution in [3.63, 3.8) is 0 Å². The fourth-order valence-corrected chi connectivity index (χ4v) is 5.55. The first-order chi connectivity index (χ1) is 20.0. The minimum absolute atomic E-state index is 0.146. The number of pyridine rings is 1. The molecule has 0 N–H and O–H groups in total. The fourth-order valence-electron chi connectivity index (χ4n) is 4.77. The van der Waals surface area contributed by atoms with E-state index in [0.29, 0.717) is 19.8 Å². The molecule has 0 saturated carbocycles. The van der Waals surface area contributed by atoms with Gasteiger partial charge < -0.3 is 23.4 Å². The van der Waals surface area contributed by atoms with Crippen LogP contribution in [0.25, 0.3) is 0 Å². The lowest BCUT2D eigenvalue weighted by Crippen LogP contribution is -2.32. The lowest BCUT2D eigenvalue weighted by atomic mass is 10.0. The molecule has 1 aromatic carbocycles. The van der Waals surface area contributed by atoms with Crippen molar-refractivity contribution in [2.24, 2.45) is 0 Å². The quantitative estimate of drug-likeness (QED) is 0.0631. The summed E-state index contributed by atoms with van der Waals surface area (Å²) in [5.41, 5.74) is 0.919. The molecule has 8 heteroatoms. The molecule has 2 aromatic rings. The molecule has 0 amide bonds. The predicted octanol–water partition coefficient (Wildman–Crippen LogP) is 7.79. The number of aromatic nitrogens is 1.